The van der Waals surface area contributed by atoms with Crippen molar-refractivity contribution in [3.8, 4) is 11.4 Å². The quantitative estimate of drug-likeness (QED) is 0.751. The van der Waals surface area contributed by atoms with Crippen molar-refractivity contribution < 1.29 is 9.53 Å². The number of aryl methyl sites for hydroxylation is 2. The first-order chi connectivity index (χ1) is 7.65. The van der Waals surface area contributed by atoms with Crippen molar-refractivity contribution in [3.05, 3.63) is 28.2 Å². The third-order valence-electron chi connectivity index (χ3n) is 2.39. The summed E-state index contributed by atoms with van der Waals surface area (Å²) in [5, 5.41) is 1.94. The van der Waals surface area contributed by atoms with Crippen LogP contribution in [0.25, 0.3) is 11.4 Å². The van der Waals surface area contributed by atoms with E-state index in [1.165, 1.54) is 18.4 Å². The van der Waals surface area contributed by atoms with E-state index in [2.05, 4.69) is 4.98 Å². The highest BCUT2D eigenvalue weighted by atomic mass is 32.1. The van der Waals surface area contributed by atoms with Crippen LogP contribution < -0.4 is 0 Å². The highest BCUT2D eigenvalue weighted by Gasteiger charge is 2.20. The van der Waals surface area contributed by atoms with Crippen LogP contribution in [0, 0.1) is 6.92 Å². The van der Waals surface area contributed by atoms with E-state index < -0.39 is 0 Å². The summed E-state index contributed by atoms with van der Waals surface area (Å²) >= 11 is 1.39. The fourth-order valence-corrected chi connectivity index (χ4v) is 2.53. The van der Waals surface area contributed by atoms with Crippen molar-refractivity contribution in [3.63, 3.8) is 0 Å². The third kappa shape index (κ3) is 1.63. The Morgan fingerprint density at radius 3 is 2.88 bits per heavy atom. The molecule has 0 fully saturated rings. The van der Waals surface area contributed by atoms with Crippen LogP contribution >= 0.6 is 11.3 Å². The molecule has 2 aromatic rings. The van der Waals surface area contributed by atoms with Gasteiger partial charge in [-0.25, -0.2) is 9.78 Å². The monoisotopic (exact) mass is 236 g/mol. The average Bonchev–Trinajstić information content (AvgIpc) is 2.83. The molecule has 0 aliphatic heterocycles. The first kappa shape index (κ1) is 10.9. The maximum Gasteiger partial charge on any atom is 0.348 e. The predicted octanol–water partition coefficient (Wildman–Crippen LogP) is 2.24. The van der Waals surface area contributed by atoms with Crippen LogP contribution in [0.3, 0.4) is 0 Å². The summed E-state index contributed by atoms with van der Waals surface area (Å²) < 4.78 is 6.65. The highest BCUT2D eigenvalue weighted by Crippen LogP contribution is 2.31. The molecule has 2 aromatic heterocycles. The molecule has 0 aliphatic rings. The molecule has 0 bridgehead atoms. The van der Waals surface area contributed by atoms with Crippen molar-refractivity contribution in [2.75, 3.05) is 7.11 Å². The second-order valence-electron chi connectivity index (χ2n) is 3.48. The van der Waals surface area contributed by atoms with Gasteiger partial charge in [-0.15, -0.1) is 11.3 Å². The Labute approximate surface area is 97.5 Å². The summed E-state index contributed by atoms with van der Waals surface area (Å²) in [5.74, 6) is 0.482. The SMILES string of the molecule is COC(=O)c1scc(C)c1-c1nccn1C. The van der Waals surface area contributed by atoms with Crippen LogP contribution in [-0.4, -0.2) is 22.6 Å². The molecule has 0 saturated heterocycles. The lowest BCUT2D eigenvalue weighted by atomic mass is 10.1. The van der Waals surface area contributed by atoms with Crippen LogP contribution in [0.1, 0.15) is 15.2 Å². The molecule has 16 heavy (non-hydrogen) atoms. The Bertz CT molecular complexity index is 528. The number of imidazole rings is 1. The molecule has 0 amide bonds. The maximum atomic E-state index is 11.6. The standard InChI is InChI=1S/C11H12N2O2S/c1-7-6-16-9(11(14)15-3)8(7)10-12-4-5-13(10)2/h4-6H,1-3H3. The molecule has 0 radical (unpaired) electrons. The van der Waals surface area contributed by atoms with E-state index in [-0.39, 0.29) is 5.97 Å². The van der Waals surface area contributed by atoms with Gasteiger partial charge in [0.2, 0.25) is 0 Å². The number of esters is 1. The van der Waals surface area contributed by atoms with E-state index in [1.54, 1.807) is 6.20 Å². The molecular formula is C11H12N2O2S. The molecule has 0 aliphatic carbocycles. The van der Waals surface area contributed by atoms with E-state index in [1.807, 2.05) is 30.1 Å². The lowest BCUT2D eigenvalue weighted by Gasteiger charge is -2.04. The Balaban J connectivity index is 2.60. The minimum Gasteiger partial charge on any atom is -0.465 e. The largest absolute Gasteiger partial charge is 0.465 e. The zero-order valence-corrected chi connectivity index (χ0v) is 10.2. The number of thiophene rings is 1. The fraction of sp³-hybridized carbons (Fsp3) is 0.273. The Hall–Kier alpha value is -1.62. The van der Waals surface area contributed by atoms with Crippen LogP contribution in [-0.2, 0) is 11.8 Å². The summed E-state index contributed by atoms with van der Waals surface area (Å²) in [6, 6.07) is 0. The van der Waals surface area contributed by atoms with Crippen LogP contribution in [0.5, 0.6) is 0 Å². The van der Waals surface area contributed by atoms with Gasteiger partial charge < -0.3 is 9.30 Å². The van der Waals surface area contributed by atoms with Gasteiger partial charge in [0.15, 0.2) is 0 Å². The number of nitrogens with zero attached hydrogens (tertiary/aromatic N) is 2. The molecule has 2 heterocycles. The number of methoxy groups -OCH3 is 1. The Morgan fingerprint density at radius 1 is 1.56 bits per heavy atom. The third-order valence-corrected chi connectivity index (χ3v) is 3.47. The molecule has 84 valence electrons. The Kier molecular flexibility index (Phi) is 2.78. The van der Waals surface area contributed by atoms with E-state index in [4.69, 9.17) is 4.74 Å². The molecule has 0 atom stereocenters. The Morgan fingerprint density at radius 2 is 2.31 bits per heavy atom. The van der Waals surface area contributed by atoms with Gasteiger partial charge in [-0.05, 0) is 17.9 Å². The molecule has 0 N–H and O–H groups in total. The van der Waals surface area contributed by atoms with Gasteiger partial charge in [0, 0.05) is 25.0 Å². The van der Waals surface area contributed by atoms with Gasteiger partial charge in [-0.1, -0.05) is 0 Å². The van der Waals surface area contributed by atoms with Crippen molar-refractivity contribution in [1.82, 2.24) is 9.55 Å². The van der Waals surface area contributed by atoms with Crippen molar-refractivity contribution in [2.45, 2.75) is 6.92 Å². The second-order valence-corrected chi connectivity index (χ2v) is 4.36. The van der Waals surface area contributed by atoms with E-state index in [0.717, 1.165) is 17.0 Å². The minimum absolute atomic E-state index is 0.309. The predicted molar refractivity (Wildman–Crippen MR) is 62.6 cm³/mol. The van der Waals surface area contributed by atoms with Gasteiger partial charge in [-0.3, -0.25) is 0 Å². The summed E-state index contributed by atoms with van der Waals surface area (Å²) in [5.41, 5.74) is 1.91. The topological polar surface area (TPSA) is 44.1 Å². The average molecular weight is 236 g/mol. The number of carbonyl (C=O) groups is 1. The van der Waals surface area contributed by atoms with E-state index >= 15 is 0 Å². The first-order valence-corrected chi connectivity index (χ1v) is 5.67. The zero-order valence-electron chi connectivity index (χ0n) is 9.35. The number of rotatable bonds is 2. The van der Waals surface area contributed by atoms with Crippen LogP contribution in [0.4, 0.5) is 0 Å². The van der Waals surface area contributed by atoms with Gasteiger partial charge >= 0.3 is 5.97 Å². The number of carbonyl (C=O) groups excluding carboxylic acids is 1. The van der Waals surface area contributed by atoms with Crippen molar-refractivity contribution >= 4 is 17.3 Å². The van der Waals surface area contributed by atoms with Gasteiger partial charge in [0.25, 0.3) is 0 Å². The molecule has 0 unspecified atom stereocenters. The van der Waals surface area contributed by atoms with Crippen molar-refractivity contribution in [1.29, 1.82) is 0 Å². The lowest BCUT2D eigenvalue weighted by Crippen LogP contribution is -2.02. The normalized spacial score (nSPS) is 10.4. The number of hydrogen-bond donors (Lipinski definition) is 0. The number of hydrogen-bond acceptors (Lipinski definition) is 4. The molecule has 2 rings (SSSR count). The highest BCUT2D eigenvalue weighted by molar-refractivity contribution is 7.12. The van der Waals surface area contributed by atoms with Crippen LogP contribution in [0.15, 0.2) is 17.8 Å². The summed E-state index contributed by atoms with van der Waals surface area (Å²) in [6.45, 7) is 1.97. The van der Waals surface area contributed by atoms with E-state index in [0.29, 0.717) is 4.88 Å². The lowest BCUT2D eigenvalue weighted by molar-refractivity contribution is 0.0607. The zero-order chi connectivity index (χ0) is 11.7. The number of aromatic nitrogens is 2. The first-order valence-electron chi connectivity index (χ1n) is 4.79. The van der Waals surface area contributed by atoms with Gasteiger partial charge in [0.1, 0.15) is 10.7 Å². The second kappa shape index (κ2) is 4.09. The fourth-order valence-electron chi connectivity index (χ4n) is 1.57. The summed E-state index contributed by atoms with van der Waals surface area (Å²) in [4.78, 5) is 16.5. The minimum atomic E-state index is -0.309. The molecular weight excluding hydrogens is 224 g/mol. The molecule has 0 aromatic carbocycles. The molecule has 0 saturated carbocycles. The van der Waals surface area contributed by atoms with Crippen LogP contribution in [0.2, 0.25) is 0 Å². The number of ether oxygens (including phenoxy) is 1. The van der Waals surface area contributed by atoms with Gasteiger partial charge in [-0.2, -0.15) is 0 Å². The summed E-state index contributed by atoms with van der Waals surface area (Å²) in [7, 11) is 3.29. The molecule has 5 heteroatoms. The van der Waals surface area contributed by atoms with E-state index in [9.17, 15) is 4.79 Å². The maximum absolute atomic E-state index is 11.6. The molecule has 0 spiro atoms. The summed E-state index contributed by atoms with van der Waals surface area (Å²) in [6.07, 6.45) is 3.57. The van der Waals surface area contributed by atoms with Crippen molar-refractivity contribution in [2.24, 2.45) is 7.05 Å². The molecule has 4 nitrogen and oxygen atoms in total. The smallest absolute Gasteiger partial charge is 0.348 e. The van der Waals surface area contributed by atoms with Gasteiger partial charge in [0.05, 0.1) is 7.11 Å².